The molecule has 1 aliphatic rings. The monoisotopic (exact) mass is 411 g/mol. The van der Waals surface area contributed by atoms with Gasteiger partial charge in [-0.05, 0) is 50.1 Å². The Kier molecular flexibility index (Phi) is 6.62. The maximum Gasteiger partial charge on any atom is 0.272 e. The average molecular weight is 411 g/mol. The summed E-state index contributed by atoms with van der Waals surface area (Å²) in [4.78, 5) is 27.6. The predicted octanol–water partition coefficient (Wildman–Crippen LogP) is 4.18. The lowest BCUT2D eigenvalue weighted by Crippen LogP contribution is -2.57. The molecule has 0 saturated carbocycles. The fourth-order valence-corrected chi connectivity index (χ4v) is 3.74. The summed E-state index contributed by atoms with van der Waals surface area (Å²) in [5.41, 5.74) is 2.29. The number of carbonyl (C=O) groups is 1. The highest BCUT2D eigenvalue weighted by Crippen LogP contribution is 2.21. The molecule has 158 valence electrons. The molecule has 2 atom stereocenters. The third-order valence-corrected chi connectivity index (χ3v) is 5.55. The van der Waals surface area contributed by atoms with E-state index in [-0.39, 0.29) is 29.5 Å². The van der Waals surface area contributed by atoms with Crippen LogP contribution >= 0.6 is 0 Å². The zero-order valence-corrected chi connectivity index (χ0v) is 17.4. The molecule has 1 fully saturated rings. The van der Waals surface area contributed by atoms with Gasteiger partial charge in [0.15, 0.2) is 0 Å². The zero-order valence-electron chi connectivity index (χ0n) is 17.4. The van der Waals surface area contributed by atoms with Crippen LogP contribution in [0.5, 0.6) is 0 Å². The second kappa shape index (κ2) is 9.17. The first kappa shape index (κ1) is 21.6. The zero-order chi connectivity index (χ0) is 21.8. The van der Waals surface area contributed by atoms with Crippen LogP contribution in [0.25, 0.3) is 6.08 Å². The number of nitro benzene ring substituents is 1. The predicted molar refractivity (Wildman–Crippen MR) is 114 cm³/mol. The fourth-order valence-electron chi connectivity index (χ4n) is 3.74. The van der Waals surface area contributed by atoms with Gasteiger partial charge < -0.3 is 4.90 Å². The Balaban J connectivity index is 1.65. The molecule has 30 heavy (non-hydrogen) atoms. The number of rotatable bonds is 5. The minimum absolute atomic E-state index is 0.0196. The molecular formula is C23H26FN3O3. The van der Waals surface area contributed by atoms with Gasteiger partial charge in [0.25, 0.3) is 5.69 Å². The highest BCUT2D eigenvalue weighted by molar-refractivity contribution is 5.92. The van der Waals surface area contributed by atoms with Gasteiger partial charge in [0.2, 0.25) is 5.91 Å². The molecular weight excluding hydrogens is 385 g/mol. The summed E-state index contributed by atoms with van der Waals surface area (Å²) in [5, 5.41) is 11.1. The smallest absolute Gasteiger partial charge is 0.272 e. The normalized spacial score (nSPS) is 19.9. The van der Waals surface area contributed by atoms with Crippen molar-refractivity contribution in [2.24, 2.45) is 0 Å². The van der Waals surface area contributed by atoms with Crippen molar-refractivity contribution in [2.75, 3.05) is 13.1 Å². The summed E-state index contributed by atoms with van der Waals surface area (Å²) in [7, 11) is 0. The molecule has 3 rings (SSSR count). The van der Waals surface area contributed by atoms with E-state index >= 15 is 0 Å². The van der Waals surface area contributed by atoms with Crippen LogP contribution in [0.3, 0.4) is 0 Å². The van der Waals surface area contributed by atoms with E-state index in [0.29, 0.717) is 30.8 Å². The van der Waals surface area contributed by atoms with Crippen LogP contribution < -0.4 is 0 Å². The number of piperazine rings is 1. The lowest BCUT2D eigenvalue weighted by Gasteiger charge is -2.44. The van der Waals surface area contributed by atoms with Gasteiger partial charge in [0.05, 0.1) is 4.92 Å². The van der Waals surface area contributed by atoms with Crippen molar-refractivity contribution in [1.82, 2.24) is 9.80 Å². The van der Waals surface area contributed by atoms with Gasteiger partial charge in [-0.15, -0.1) is 0 Å². The van der Waals surface area contributed by atoms with Crippen LogP contribution in [-0.2, 0) is 11.3 Å². The van der Waals surface area contributed by atoms with E-state index in [4.69, 9.17) is 0 Å². The number of benzene rings is 2. The van der Waals surface area contributed by atoms with E-state index in [0.717, 1.165) is 5.56 Å². The molecule has 6 nitrogen and oxygen atoms in total. The number of carbonyl (C=O) groups excluding carboxylic acids is 1. The van der Waals surface area contributed by atoms with E-state index in [9.17, 15) is 19.3 Å². The molecule has 1 amide bonds. The second-order valence-corrected chi connectivity index (χ2v) is 7.88. The van der Waals surface area contributed by atoms with Gasteiger partial charge in [0, 0.05) is 49.4 Å². The van der Waals surface area contributed by atoms with Crippen LogP contribution in [0.4, 0.5) is 10.1 Å². The van der Waals surface area contributed by atoms with Crippen LogP contribution in [-0.4, -0.2) is 45.8 Å². The molecule has 2 aromatic rings. The Labute approximate surface area is 175 Å². The van der Waals surface area contributed by atoms with E-state index in [1.54, 1.807) is 37.3 Å². The summed E-state index contributed by atoms with van der Waals surface area (Å²) in [6.45, 7) is 7.77. The number of aryl methyl sites for hydroxylation is 1. The van der Waals surface area contributed by atoms with Crippen LogP contribution in [0.1, 0.15) is 30.5 Å². The van der Waals surface area contributed by atoms with E-state index in [1.807, 2.05) is 11.8 Å². The first-order valence-electron chi connectivity index (χ1n) is 9.97. The molecule has 0 aromatic heterocycles. The molecule has 0 aliphatic carbocycles. The topological polar surface area (TPSA) is 66.7 Å². The Bertz CT molecular complexity index is 959. The quantitative estimate of drug-likeness (QED) is 0.421. The largest absolute Gasteiger partial charge is 0.334 e. The van der Waals surface area contributed by atoms with Crippen molar-refractivity contribution in [3.8, 4) is 0 Å². The highest BCUT2D eigenvalue weighted by atomic mass is 19.1. The number of halogens is 1. The Morgan fingerprint density at radius 1 is 1.17 bits per heavy atom. The van der Waals surface area contributed by atoms with Crippen LogP contribution in [0.2, 0.25) is 0 Å². The molecule has 7 heteroatoms. The standard InChI is InChI=1S/C23H26FN3O3/c1-16-4-5-19(12-22(16)27(29)30)8-11-23(28)26-14-17(2)25(13-18(26)3)15-20-6-9-21(24)10-7-20/h4-12,17-18H,13-15H2,1-3H3. The Morgan fingerprint density at radius 2 is 1.87 bits per heavy atom. The SMILES string of the molecule is Cc1ccc(C=CC(=O)N2CC(C)N(Cc3ccc(F)cc3)CC2C)cc1[N+](=O)[O-]. The van der Waals surface area contributed by atoms with Gasteiger partial charge in [-0.25, -0.2) is 4.39 Å². The first-order valence-corrected chi connectivity index (χ1v) is 9.97. The van der Waals surface area contributed by atoms with Crippen molar-refractivity contribution >= 4 is 17.7 Å². The van der Waals surface area contributed by atoms with Crippen LogP contribution in [0, 0.1) is 22.9 Å². The second-order valence-electron chi connectivity index (χ2n) is 7.88. The molecule has 1 aliphatic heterocycles. The van der Waals surface area contributed by atoms with E-state index < -0.39 is 4.92 Å². The molecule has 2 aromatic carbocycles. The summed E-state index contributed by atoms with van der Waals surface area (Å²) in [6, 6.07) is 11.6. The summed E-state index contributed by atoms with van der Waals surface area (Å²) >= 11 is 0. The van der Waals surface area contributed by atoms with E-state index in [2.05, 4.69) is 11.8 Å². The molecule has 1 saturated heterocycles. The summed E-state index contributed by atoms with van der Waals surface area (Å²) < 4.78 is 13.1. The Morgan fingerprint density at radius 3 is 2.53 bits per heavy atom. The van der Waals surface area contributed by atoms with Crippen LogP contribution in [0.15, 0.2) is 48.5 Å². The molecule has 0 radical (unpaired) electrons. The van der Waals surface area contributed by atoms with Gasteiger partial charge in [-0.1, -0.05) is 24.3 Å². The van der Waals surface area contributed by atoms with Crippen molar-refractivity contribution < 1.29 is 14.1 Å². The fraction of sp³-hybridized carbons (Fsp3) is 0.348. The molecule has 2 unspecified atom stereocenters. The molecule has 0 bridgehead atoms. The Hall–Kier alpha value is -3.06. The van der Waals surface area contributed by atoms with Crippen molar-refractivity contribution in [3.05, 3.63) is 81.2 Å². The molecule has 0 N–H and O–H groups in total. The lowest BCUT2D eigenvalue weighted by molar-refractivity contribution is -0.385. The number of nitrogens with zero attached hydrogens (tertiary/aromatic N) is 3. The van der Waals surface area contributed by atoms with Crippen molar-refractivity contribution in [2.45, 2.75) is 39.4 Å². The number of hydrogen-bond acceptors (Lipinski definition) is 4. The maximum atomic E-state index is 13.1. The number of amides is 1. The van der Waals surface area contributed by atoms with Gasteiger partial charge in [-0.2, -0.15) is 0 Å². The van der Waals surface area contributed by atoms with Gasteiger partial charge in [-0.3, -0.25) is 19.8 Å². The minimum atomic E-state index is -0.418. The van der Waals surface area contributed by atoms with Gasteiger partial charge in [0.1, 0.15) is 5.82 Å². The number of hydrogen-bond donors (Lipinski definition) is 0. The first-order chi connectivity index (χ1) is 14.2. The third-order valence-electron chi connectivity index (χ3n) is 5.55. The van der Waals surface area contributed by atoms with Gasteiger partial charge >= 0.3 is 0 Å². The number of nitro groups is 1. The van der Waals surface area contributed by atoms with Crippen molar-refractivity contribution in [1.29, 1.82) is 0 Å². The molecule has 0 spiro atoms. The maximum absolute atomic E-state index is 13.1. The average Bonchev–Trinajstić information content (AvgIpc) is 2.71. The molecule has 1 heterocycles. The summed E-state index contributed by atoms with van der Waals surface area (Å²) in [6.07, 6.45) is 3.10. The lowest BCUT2D eigenvalue weighted by atomic mass is 10.1. The summed E-state index contributed by atoms with van der Waals surface area (Å²) in [5.74, 6) is -0.361. The van der Waals surface area contributed by atoms with E-state index in [1.165, 1.54) is 24.3 Å². The highest BCUT2D eigenvalue weighted by Gasteiger charge is 2.31. The minimum Gasteiger partial charge on any atom is -0.334 e. The van der Waals surface area contributed by atoms with Crippen molar-refractivity contribution in [3.63, 3.8) is 0 Å². The third kappa shape index (κ3) is 5.10.